The van der Waals surface area contributed by atoms with Gasteiger partial charge in [0.1, 0.15) is 0 Å². The summed E-state index contributed by atoms with van der Waals surface area (Å²) in [5.74, 6) is -15.5. The minimum Gasteiger partial charge on any atom is -0.478 e. The first-order chi connectivity index (χ1) is 25.3. The number of aromatic nitrogens is 1. The monoisotopic (exact) mass is 781 g/mol. The van der Waals surface area contributed by atoms with E-state index in [4.69, 9.17) is 0 Å². The maximum atomic E-state index is 15.1. The van der Waals surface area contributed by atoms with Gasteiger partial charge >= 0.3 is 12.1 Å². The highest BCUT2D eigenvalue weighted by atomic mass is 32.2. The molecule has 54 heavy (non-hydrogen) atoms. The van der Waals surface area contributed by atoms with Crippen molar-refractivity contribution in [2.45, 2.75) is 75.5 Å². The molecule has 4 aromatic rings. The second kappa shape index (κ2) is 14.4. The molecule has 2 aliphatic rings. The average Bonchev–Trinajstić information content (AvgIpc) is 4.02. The number of carboxylic acids is 1. The van der Waals surface area contributed by atoms with Gasteiger partial charge in [-0.2, -0.15) is 17.5 Å². The Hall–Kier alpha value is -4.90. The number of carboxylic acid groups (broad SMARTS) is 1. The molecular weight excluding hydrogens is 750 g/mol. The van der Waals surface area contributed by atoms with Gasteiger partial charge < -0.3 is 10.0 Å². The van der Waals surface area contributed by atoms with E-state index in [0.29, 0.717) is 17.8 Å². The van der Waals surface area contributed by atoms with Crippen molar-refractivity contribution in [3.05, 3.63) is 122 Å². The van der Waals surface area contributed by atoms with E-state index in [9.17, 15) is 49.5 Å². The molecule has 0 unspecified atom stereocenters. The lowest BCUT2D eigenvalue weighted by Crippen LogP contribution is -2.43. The van der Waals surface area contributed by atoms with Crippen LogP contribution in [0, 0.1) is 42.9 Å². The summed E-state index contributed by atoms with van der Waals surface area (Å²) in [6.45, 7) is -0.238. The van der Waals surface area contributed by atoms with Crippen LogP contribution in [-0.2, 0) is 34.1 Å². The Morgan fingerprint density at radius 2 is 1.33 bits per heavy atom. The van der Waals surface area contributed by atoms with Gasteiger partial charge in [0.25, 0.3) is 0 Å². The van der Waals surface area contributed by atoms with E-state index >= 15 is 8.78 Å². The number of benzene rings is 3. The largest absolute Gasteiger partial charge is 0.478 e. The van der Waals surface area contributed by atoms with Gasteiger partial charge in [-0.15, -0.1) is 0 Å². The number of amides is 1. The molecule has 1 aromatic heterocycles. The van der Waals surface area contributed by atoms with Crippen LogP contribution in [0.5, 0.6) is 0 Å². The topological polar surface area (TPSA) is 108 Å². The molecular formula is C37H31F8N3O5S. The molecule has 1 amide bonds. The number of aryl methyl sites for hydroxylation is 2. The van der Waals surface area contributed by atoms with Crippen molar-refractivity contribution in [2.24, 2.45) is 0 Å². The van der Waals surface area contributed by atoms with Crippen molar-refractivity contribution in [3.63, 3.8) is 0 Å². The van der Waals surface area contributed by atoms with Crippen molar-refractivity contribution in [3.8, 4) is 0 Å². The summed E-state index contributed by atoms with van der Waals surface area (Å²) in [6.07, 6.45) is -0.0599. The predicted octanol–water partition coefficient (Wildman–Crippen LogP) is 8.29. The van der Waals surface area contributed by atoms with Gasteiger partial charge in [0.05, 0.1) is 24.2 Å². The fourth-order valence-corrected chi connectivity index (χ4v) is 8.02. The summed E-state index contributed by atoms with van der Waals surface area (Å²) in [5, 5.41) is 9.64. The fourth-order valence-electron chi connectivity index (χ4n) is 6.54. The Labute approximate surface area is 304 Å². The molecule has 0 radical (unpaired) electrons. The van der Waals surface area contributed by atoms with Crippen molar-refractivity contribution in [1.29, 1.82) is 0 Å². The number of hydrogen-bond donors (Lipinski definition) is 1. The Bertz CT molecular complexity index is 2210. The summed E-state index contributed by atoms with van der Waals surface area (Å²) in [6, 6.07) is 8.76. The molecule has 3 aromatic carbocycles. The zero-order valence-electron chi connectivity index (χ0n) is 28.6. The van der Waals surface area contributed by atoms with Crippen LogP contribution >= 0.6 is 0 Å². The number of anilines is 1. The maximum absolute atomic E-state index is 15.1. The number of pyridine rings is 1. The third-order valence-electron chi connectivity index (χ3n) is 9.42. The zero-order chi connectivity index (χ0) is 39.4. The zero-order valence-corrected chi connectivity index (χ0v) is 29.4. The molecule has 286 valence electrons. The normalized spacial score (nSPS) is 14.8. The van der Waals surface area contributed by atoms with Crippen LogP contribution in [0.4, 0.5) is 40.8 Å². The van der Waals surface area contributed by atoms with Crippen LogP contribution in [0.25, 0.3) is 0 Å². The summed E-state index contributed by atoms with van der Waals surface area (Å²) < 4.78 is 143. The van der Waals surface area contributed by atoms with Crippen molar-refractivity contribution < 1.29 is 58.2 Å². The van der Waals surface area contributed by atoms with Crippen LogP contribution in [-0.4, -0.2) is 41.2 Å². The Kier molecular flexibility index (Phi) is 10.3. The smallest absolute Gasteiger partial charge is 0.416 e. The van der Waals surface area contributed by atoms with E-state index < -0.39 is 86.3 Å². The molecule has 0 spiro atoms. The third kappa shape index (κ3) is 7.69. The number of halogens is 8. The van der Waals surface area contributed by atoms with E-state index in [0.717, 1.165) is 47.9 Å². The van der Waals surface area contributed by atoms with Gasteiger partial charge in [0.2, 0.25) is 21.7 Å². The molecule has 0 atom stereocenters. The van der Waals surface area contributed by atoms with Gasteiger partial charge in [-0.25, -0.2) is 35.2 Å². The van der Waals surface area contributed by atoms with Gasteiger partial charge in [-0.3, -0.25) is 9.78 Å². The van der Waals surface area contributed by atoms with Crippen LogP contribution in [0.1, 0.15) is 86.8 Å². The van der Waals surface area contributed by atoms with Crippen molar-refractivity contribution in [2.75, 3.05) is 11.4 Å². The highest BCUT2D eigenvalue weighted by molar-refractivity contribution is 7.89. The SMILES string of the molecule is Cc1cc(C(=O)O)cc(C)c1N(Cc1cc(C2CC2)cc(C2CC2)c1)C(=O)CN(Cc1cnccc1C(F)(F)F)S(=O)(=O)c1c(F)c(F)c(F)c(F)c1F. The standard InChI is InChI=1S/C37H31F8N3O5S/c1-18-9-25(36(50)51)10-19(2)34(18)48(15-20-11-23(21-3-4-21)13-24(12-20)22-5-6-22)28(49)17-47(16-26-14-46-8-7-27(26)37(43,44)45)54(52,53)35-32(41)30(39)29(38)31(40)33(35)42/h7-14,21-22H,3-6,15-17H2,1-2H3,(H,50,51). The third-order valence-corrected chi connectivity index (χ3v) is 11.2. The molecule has 17 heteroatoms. The van der Waals surface area contributed by atoms with E-state index in [2.05, 4.69) is 11.1 Å². The first kappa shape index (κ1) is 38.8. The average molecular weight is 782 g/mol. The molecule has 0 aliphatic heterocycles. The van der Waals surface area contributed by atoms with Gasteiger partial charge in [-0.1, -0.05) is 18.2 Å². The minimum atomic E-state index is -6.01. The van der Waals surface area contributed by atoms with Crippen molar-refractivity contribution in [1.82, 2.24) is 9.29 Å². The lowest BCUT2D eigenvalue weighted by atomic mass is 9.98. The molecule has 2 saturated carbocycles. The molecule has 0 bridgehead atoms. The summed E-state index contributed by atoms with van der Waals surface area (Å²) in [4.78, 5) is 28.6. The van der Waals surface area contributed by atoms with Gasteiger partial charge in [0, 0.05) is 24.6 Å². The lowest BCUT2D eigenvalue weighted by molar-refractivity contribution is -0.138. The first-order valence-corrected chi connectivity index (χ1v) is 18.0. The maximum Gasteiger partial charge on any atom is 0.416 e. The minimum absolute atomic E-state index is 0.0979. The number of sulfonamides is 1. The van der Waals surface area contributed by atoms with Crippen LogP contribution in [0.2, 0.25) is 0 Å². The number of alkyl halides is 3. The summed E-state index contributed by atoms with van der Waals surface area (Å²) in [7, 11) is -6.01. The molecule has 1 heterocycles. The Balaban J connectivity index is 1.50. The van der Waals surface area contributed by atoms with Gasteiger partial charge in [-0.05, 0) is 103 Å². The van der Waals surface area contributed by atoms with E-state index in [1.54, 1.807) is 0 Å². The second-order valence-electron chi connectivity index (χ2n) is 13.5. The van der Waals surface area contributed by atoms with Crippen LogP contribution in [0.3, 0.4) is 0 Å². The number of nitrogens with zero attached hydrogens (tertiary/aromatic N) is 3. The lowest BCUT2D eigenvalue weighted by Gasteiger charge is -2.30. The summed E-state index contributed by atoms with van der Waals surface area (Å²) in [5.41, 5.74) is 0.633. The van der Waals surface area contributed by atoms with E-state index in [1.807, 2.05) is 12.1 Å². The Morgan fingerprint density at radius 1 is 0.815 bits per heavy atom. The molecule has 0 saturated heterocycles. The summed E-state index contributed by atoms with van der Waals surface area (Å²) >= 11 is 0. The molecule has 8 nitrogen and oxygen atoms in total. The predicted molar refractivity (Wildman–Crippen MR) is 178 cm³/mol. The molecule has 1 N–H and O–H groups in total. The van der Waals surface area contributed by atoms with Crippen molar-refractivity contribution >= 4 is 27.6 Å². The van der Waals surface area contributed by atoms with Gasteiger partial charge in [0.15, 0.2) is 28.2 Å². The quantitative estimate of drug-likeness (QED) is 0.0881. The van der Waals surface area contributed by atoms with E-state index in [1.165, 1.54) is 26.0 Å². The van der Waals surface area contributed by atoms with Crippen LogP contribution in [0.15, 0.2) is 53.7 Å². The highest BCUT2D eigenvalue weighted by Gasteiger charge is 2.41. The number of aromatic carboxylic acids is 1. The number of rotatable bonds is 12. The molecule has 2 fully saturated rings. The molecule has 2 aliphatic carbocycles. The second-order valence-corrected chi connectivity index (χ2v) is 15.4. The highest BCUT2D eigenvalue weighted by Crippen LogP contribution is 2.46. The fraction of sp³-hybridized carbons (Fsp3) is 0.324. The Morgan fingerprint density at radius 3 is 1.81 bits per heavy atom. The number of carbonyl (C=O) groups is 2. The first-order valence-electron chi connectivity index (χ1n) is 16.6. The number of carbonyl (C=O) groups excluding carboxylic acids is 1. The van der Waals surface area contributed by atoms with E-state index in [-0.39, 0.29) is 45.1 Å². The molecule has 6 rings (SSSR count). The number of hydrogen-bond acceptors (Lipinski definition) is 5. The van der Waals surface area contributed by atoms with Crippen LogP contribution < -0.4 is 4.90 Å².